The zero-order valence-corrected chi connectivity index (χ0v) is 16.1. The molecular weight excluding hydrogens is 352 g/mol. The SMILES string of the molecule is CCS(=O)(=O)NCCN1CCCC(CNC(=O)C2CCCN2)C1.Cl. The van der Waals surface area contributed by atoms with Gasteiger partial charge >= 0.3 is 0 Å². The molecule has 0 aliphatic carbocycles. The third kappa shape index (κ3) is 7.23. The molecule has 0 spiro atoms. The van der Waals surface area contributed by atoms with E-state index in [9.17, 15) is 13.2 Å². The number of amides is 1. The summed E-state index contributed by atoms with van der Waals surface area (Å²) in [7, 11) is -3.11. The fourth-order valence-electron chi connectivity index (χ4n) is 3.26. The van der Waals surface area contributed by atoms with Crippen LogP contribution in [0.4, 0.5) is 0 Å². The Labute approximate surface area is 151 Å². The van der Waals surface area contributed by atoms with Crippen molar-refractivity contribution in [2.45, 2.75) is 38.6 Å². The van der Waals surface area contributed by atoms with Gasteiger partial charge in [0.05, 0.1) is 11.8 Å². The lowest BCUT2D eigenvalue weighted by atomic mass is 9.98. The Kier molecular flexibility index (Phi) is 9.51. The van der Waals surface area contributed by atoms with E-state index in [4.69, 9.17) is 0 Å². The molecule has 0 bridgehead atoms. The van der Waals surface area contributed by atoms with Crippen molar-refractivity contribution in [2.75, 3.05) is 45.0 Å². The van der Waals surface area contributed by atoms with E-state index in [0.29, 0.717) is 19.0 Å². The zero-order valence-electron chi connectivity index (χ0n) is 14.4. The number of sulfonamides is 1. The quantitative estimate of drug-likeness (QED) is 0.546. The van der Waals surface area contributed by atoms with Crippen molar-refractivity contribution in [3.05, 3.63) is 0 Å². The highest BCUT2D eigenvalue weighted by Crippen LogP contribution is 2.15. The molecule has 0 aromatic heterocycles. The lowest BCUT2D eigenvalue weighted by Crippen LogP contribution is -2.46. The smallest absolute Gasteiger partial charge is 0.237 e. The Morgan fingerprint density at radius 3 is 2.75 bits per heavy atom. The van der Waals surface area contributed by atoms with E-state index >= 15 is 0 Å². The molecule has 2 atom stereocenters. The van der Waals surface area contributed by atoms with Gasteiger partial charge in [-0.1, -0.05) is 0 Å². The fraction of sp³-hybridized carbons (Fsp3) is 0.933. The standard InChI is InChI=1S/C15H30N4O3S.ClH/c1-2-23(21,22)18-8-10-19-9-4-5-13(12-19)11-17-15(20)14-6-3-7-16-14;/h13-14,16,18H,2-12H2,1H3,(H,17,20);1H. The van der Waals surface area contributed by atoms with Gasteiger partial charge in [0.1, 0.15) is 0 Å². The highest BCUT2D eigenvalue weighted by molar-refractivity contribution is 7.89. The van der Waals surface area contributed by atoms with Crippen LogP contribution < -0.4 is 15.4 Å². The van der Waals surface area contributed by atoms with Crippen molar-refractivity contribution in [3.8, 4) is 0 Å². The number of hydrogen-bond acceptors (Lipinski definition) is 5. The molecule has 1 amide bonds. The molecule has 2 unspecified atom stereocenters. The molecule has 2 fully saturated rings. The van der Waals surface area contributed by atoms with Crippen LogP contribution in [0.25, 0.3) is 0 Å². The normalized spacial score (nSPS) is 25.2. The second-order valence-corrected chi connectivity index (χ2v) is 8.60. The van der Waals surface area contributed by atoms with Gasteiger partial charge < -0.3 is 15.5 Å². The van der Waals surface area contributed by atoms with Crippen LogP contribution in [0.3, 0.4) is 0 Å². The van der Waals surface area contributed by atoms with Crippen LogP contribution in [0.15, 0.2) is 0 Å². The van der Waals surface area contributed by atoms with Crippen LogP contribution in [0.5, 0.6) is 0 Å². The molecule has 2 rings (SSSR count). The van der Waals surface area contributed by atoms with E-state index in [-0.39, 0.29) is 30.1 Å². The van der Waals surface area contributed by atoms with Gasteiger partial charge in [-0.15, -0.1) is 12.4 Å². The predicted molar refractivity (Wildman–Crippen MR) is 97.9 cm³/mol. The van der Waals surface area contributed by atoms with Crippen molar-refractivity contribution < 1.29 is 13.2 Å². The molecule has 0 radical (unpaired) electrons. The third-order valence-corrected chi connectivity index (χ3v) is 6.08. The zero-order chi connectivity index (χ0) is 16.7. The van der Waals surface area contributed by atoms with Gasteiger partial charge in [0.15, 0.2) is 0 Å². The number of nitrogens with zero attached hydrogens (tertiary/aromatic N) is 1. The average Bonchev–Trinajstić information content (AvgIpc) is 3.07. The molecule has 2 saturated heterocycles. The van der Waals surface area contributed by atoms with Gasteiger partial charge in [0, 0.05) is 26.2 Å². The van der Waals surface area contributed by atoms with E-state index in [2.05, 4.69) is 20.3 Å². The molecule has 24 heavy (non-hydrogen) atoms. The van der Waals surface area contributed by atoms with Crippen LogP contribution in [-0.4, -0.2) is 70.3 Å². The van der Waals surface area contributed by atoms with Gasteiger partial charge in [-0.3, -0.25) is 4.79 Å². The molecule has 142 valence electrons. The number of rotatable bonds is 8. The molecule has 0 aromatic rings. The van der Waals surface area contributed by atoms with Crippen molar-refractivity contribution in [1.29, 1.82) is 0 Å². The minimum Gasteiger partial charge on any atom is -0.354 e. The first-order valence-electron chi connectivity index (χ1n) is 8.71. The summed E-state index contributed by atoms with van der Waals surface area (Å²) < 4.78 is 25.5. The maximum Gasteiger partial charge on any atom is 0.237 e. The van der Waals surface area contributed by atoms with Crippen LogP contribution in [0.2, 0.25) is 0 Å². The maximum atomic E-state index is 12.0. The summed E-state index contributed by atoms with van der Waals surface area (Å²) in [5.41, 5.74) is 0. The fourth-order valence-corrected chi connectivity index (χ4v) is 3.87. The molecule has 0 saturated carbocycles. The summed E-state index contributed by atoms with van der Waals surface area (Å²) in [5.74, 6) is 0.698. The molecule has 9 heteroatoms. The first-order valence-corrected chi connectivity index (χ1v) is 10.4. The van der Waals surface area contributed by atoms with E-state index in [1.54, 1.807) is 6.92 Å². The molecular formula is C15H31ClN4O3S. The first-order chi connectivity index (χ1) is 11.0. The Morgan fingerprint density at radius 1 is 1.29 bits per heavy atom. The molecule has 2 aliphatic rings. The van der Waals surface area contributed by atoms with Crippen molar-refractivity contribution in [3.63, 3.8) is 0 Å². The number of nitrogens with one attached hydrogen (secondary N) is 3. The third-order valence-electron chi connectivity index (χ3n) is 4.67. The molecule has 0 aromatic carbocycles. The average molecular weight is 383 g/mol. The van der Waals surface area contributed by atoms with Crippen LogP contribution in [-0.2, 0) is 14.8 Å². The van der Waals surface area contributed by atoms with Crippen LogP contribution in [0.1, 0.15) is 32.6 Å². The number of halogens is 1. The number of carbonyl (C=O) groups excluding carboxylic acids is 1. The van der Waals surface area contributed by atoms with Gasteiger partial charge in [-0.2, -0.15) is 0 Å². The van der Waals surface area contributed by atoms with Gasteiger partial charge in [-0.25, -0.2) is 13.1 Å². The Morgan fingerprint density at radius 2 is 2.08 bits per heavy atom. The van der Waals surface area contributed by atoms with E-state index < -0.39 is 10.0 Å². The second-order valence-electron chi connectivity index (χ2n) is 6.50. The Balaban J connectivity index is 0.00000288. The van der Waals surface area contributed by atoms with Crippen LogP contribution >= 0.6 is 12.4 Å². The largest absolute Gasteiger partial charge is 0.354 e. The number of carbonyl (C=O) groups is 1. The molecule has 2 aliphatic heterocycles. The van der Waals surface area contributed by atoms with Crippen molar-refractivity contribution >= 4 is 28.3 Å². The van der Waals surface area contributed by atoms with Gasteiger partial charge in [-0.05, 0) is 51.6 Å². The Bertz CT molecular complexity index is 483. The van der Waals surface area contributed by atoms with E-state index in [0.717, 1.165) is 51.9 Å². The summed E-state index contributed by atoms with van der Waals surface area (Å²) in [6, 6.07) is -0.0156. The highest BCUT2D eigenvalue weighted by Gasteiger charge is 2.24. The molecule has 7 nitrogen and oxygen atoms in total. The first kappa shape index (κ1) is 21.6. The molecule has 3 N–H and O–H groups in total. The summed E-state index contributed by atoms with van der Waals surface area (Å²) >= 11 is 0. The second kappa shape index (κ2) is 10.6. The Hall–Kier alpha value is -0.410. The van der Waals surface area contributed by atoms with Gasteiger partial charge in [0.2, 0.25) is 15.9 Å². The number of piperidine rings is 1. The minimum absolute atomic E-state index is 0. The number of hydrogen-bond donors (Lipinski definition) is 3. The summed E-state index contributed by atoms with van der Waals surface area (Å²) in [4.78, 5) is 14.3. The maximum absolute atomic E-state index is 12.0. The predicted octanol–water partition coefficient (Wildman–Crippen LogP) is -0.0723. The lowest BCUT2D eigenvalue weighted by molar-refractivity contribution is -0.123. The van der Waals surface area contributed by atoms with Crippen molar-refractivity contribution in [1.82, 2.24) is 20.3 Å². The lowest BCUT2D eigenvalue weighted by Gasteiger charge is -2.33. The van der Waals surface area contributed by atoms with E-state index in [1.807, 2.05) is 0 Å². The van der Waals surface area contributed by atoms with E-state index in [1.165, 1.54) is 0 Å². The monoisotopic (exact) mass is 382 g/mol. The summed E-state index contributed by atoms with van der Waals surface area (Å²) in [5, 5.41) is 6.28. The minimum atomic E-state index is -3.11. The van der Waals surface area contributed by atoms with Crippen LogP contribution in [0, 0.1) is 5.92 Å². The molecule has 2 heterocycles. The number of likely N-dealkylation sites (tertiary alicyclic amines) is 1. The highest BCUT2D eigenvalue weighted by atomic mass is 35.5. The topological polar surface area (TPSA) is 90.5 Å². The van der Waals surface area contributed by atoms with Crippen molar-refractivity contribution in [2.24, 2.45) is 5.92 Å². The summed E-state index contributed by atoms with van der Waals surface area (Å²) in [6.45, 7) is 6.40. The summed E-state index contributed by atoms with van der Waals surface area (Å²) in [6.07, 6.45) is 4.22. The van der Waals surface area contributed by atoms with Gasteiger partial charge in [0.25, 0.3) is 0 Å².